The molecule has 1 aromatic rings. The minimum atomic E-state index is -1.83. The maximum absolute atomic E-state index is 8.56. The van der Waals surface area contributed by atoms with Crippen LogP contribution in [0.25, 0.3) is 6.08 Å². The van der Waals surface area contributed by atoms with Gasteiger partial charge in [0.1, 0.15) is 0 Å². The third-order valence-electron chi connectivity index (χ3n) is 1.22. The molecule has 0 unspecified atom stereocenters. The molecule has 0 aromatic heterocycles. The largest absolute Gasteiger partial charge is 0.503 e. The van der Waals surface area contributed by atoms with E-state index in [0.717, 1.165) is 0 Å². The Hall–Kier alpha value is -2.03. The van der Waals surface area contributed by atoms with Gasteiger partial charge >= 0.3 is 6.16 Å². The number of benzene rings is 1. The van der Waals surface area contributed by atoms with E-state index in [-0.39, 0.29) is 0 Å². The minimum Gasteiger partial charge on any atom is -0.450 e. The Bertz CT molecular complexity index is 298. The van der Waals surface area contributed by atoms with Crippen LogP contribution in [0.2, 0.25) is 0 Å². The van der Waals surface area contributed by atoms with Crippen molar-refractivity contribution in [1.82, 2.24) is 0 Å². The van der Waals surface area contributed by atoms with Crippen LogP contribution in [0.1, 0.15) is 5.56 Å². The van der Waals surface area contributed by atoms with Crippen LogP contribution >= 0.6 is 0 Å². The monoisotopic (exact) mass is 192 g/mol. The lowest BCUT2D eigenvalue weighted by Crippen LogP contribution is -1.81. The molecule has 0 atom stereocenters. The summed E-state index contributed by atoms with van der Waals surface area (Å²) in [5.41, 5.74) is 1.21. The summed E-state index contributed by atoms with van der Waals surface area (Å²) < 4.78 is 0. The number of hydrogen-bond donors (Lipinski definition) is 2. The summed E-state index contributed by atoms with van der Waals surface area (Å²) >= 11 is 0. The number of carboxylic acid groups (broad SMARTS) is 2. The van der Waals surface area contributed by atoms with E-state index in [1.807, 2.05) is 30.4 Å². The molecule has 0 bridgehead atoms. The standard InChI is InChI=1S/C10H10.CH2O3/c1-2-3-7-10-8-5-4-6-9-10;2-1(3)4/h2-9H,1H2;(H2,2,3,4). The Labute approximate surface area is 82.6 Å². The normalized spacial score (nSPS) is 8.86. The van der Waals surface area contributed by atoms with Crippen LogP contribution in [-0.4, -0.2) is 16.4 Å². The highest BCUT2D eigenvalue weighted by Crippen LogP contribution is 1.99. The summed E-state index contributed by atoms with van der Waals surface area (Å²) in [5, 5.41) is 13.9. The lowest BCUT2D eigenvalue weighted by Gasteiger charge is -1.87. The number of carbonyl (C=O) groups is 1. The van der Waals surface area contributed by atoms with Gasteiger partial charge in [-0.3, -0.25) is 0 Å². The molecule has 3 heteroatoms. The summed E-state index contributed by atoms with van der Waals surface area (Å²) in [6.45, 7) is 3.59. The maximum atomic E-state index is 8.56. The number of hydrogen-bond acceptors (Lipinski definition) is 1. The van der Waals surface area contributed by atoms with Gasteiger partial charge in [-0.15, -0.1) is 0 Å². The van der Waals surface area contributed by atoms with Crippen LogP contribution in [-0.2, 0) is 0 Å². The van der Waals surface area contributed by atoms with Crippen LogP contribution in [0.5, 0.6) is 0 Å². The third-order valence-corrected chi connectivity index (χ3v) is 1.22. The average Bonchev–Trinajstić information content (AvgIpc) is 2.15. The summed E-state index contributed by atoms with van der Waals surface area (Å²) in [4.78, 5) is 8.56. The molecule has 1 aromatic carbocycles. The van der Waals surface area contributed by atoms with E-state index >= 15 is 0 Å². The van der Waals surface area contributed by atoms with Crippen molar-refractivity contribution in [3.63, 3.8) is 0 Å². The van der Waals surface area contributed by atoms with Crippen LogP contribution in [0.4, 0.5) is 4.79 Å². The van der Waals surface area contributed by atoms with E-state index in [9.17, 15) is 0 Å². The Kier molecular flexibility index (Phi) is 6.51. The Morgan fingerprint density at radius 3 is 2.14 bits per heavy atom. The SMILES string of the molecule is C=CC=Cc1ccccc1.O=C(O)O. The molecule has 0 spiro atoms. The van der Waals surface area contributed by atoms with Crippen LogP contribution in [0.15, 0.2) is 49.1 Å². The lowest BCUT2D eigenvalue weighted by atomic mass is 10.2. The highest BCUT2D eigenvalue weighted by molar-refractivity contribution is 5.53. The first-order valence-electron chi connectivity index (χ1n) is 3.93. The van der Waals surface area contributed by atoms with Gasteiger partial charge in [-0.2, -0.15) is 0 Å². The van der Waals surface area contributed by atoms with Crippen molar-refractivity contribution in [1.29, 1.82) is 0 Å². The van der Waals surface area contributed by atoms with Gasteiger partial charge in [0.25, 0.3) is 0 Å². The van der Waals surface area contributed by atoms with Gasteiger partial charge in [0, 0.05) is 0 Å². The molecule has 0 amide bonds. The number of rotatable bonds is 2. The smallest absolute Gasteiger partial charge is 0.450 e. The fraction of sp³-hybridized carbons (Fsp3) is 0. The predicted molar refractivity (Wildman–Crippen MR) is 56.3 cm³/mol. The molecule has 0 radical (unpaired) electrons. The van der Waals surface area contributed by atoms with E-state index in [1.54, 1.807) is 6.08 Å². The molecular weight excluding hydrogens is 180 g/mol. The minimum absolute atomic E-state index is 1.21. The molecule has 0 saturated heterocycles. The molecule has 0 fully saturated rings. The van der Waals surface area contributed by atoms with Crippen LogP contribution in [0.3, 0.4) is 0 Å². The zero-order valence-electron chi connectivity index (χ0n) is 7.63. The van der Waals surface area contributed by atoms with E-state index in [1.165, 1.54) is 5.56 Å². The molecule has 0 heterocycles. The summed E-state index contributed by atoms with van der Waals surface area (Å²) in [6.07, 6.45) is 3.88. The van der Waals surface area contributed by atoms with Gasteiger partial charge < -0.3 is 10.2 Å². The van der Waals surface area contributed by atoms with Crippen molar-refractivity contribution in [3.05, 3.63) is 54.6 Å². The highest BCUT2D eigenvalue weighted by atomic mass is 16.6. The van der Waals surface area contributed by atoms with Crippen molar-refractivity contribution >= 4 is 12.2 Å². The second-order valence-electron chi connectivity index (χ2n) is 2.29. The molecule has 2 N–H and O–H groups in total. The lowest BCUT2D eigenvalue weighted by molar-refractivity contribution is 0.137. The van der Waals surface area contributed by atoms with Crippen LogP contribution in [0, 0.1) is 0 Å². The van der Waals surface area contributed by atoms with Crippen molar-refractivity contribution < 1.29 is 15.0 Å². The molecular formula is C11H12O3. The van der Waals surface area contributed by atoms with Gasteiger partial charge in [0.05, 0.1) is 0 Å². The maximum Gasteiger partial charge on any atom is 0.503 e. The molecule has 14 heavy (non-hydrogen) atoms. The molecule has 1 rings (SSSR count). The molecule has 0 saturated carbocycles. The van der Waals surface area contributed by atoms with E-state index in [4.69, 9.17) is 15.0 Å². The van der Waals surface area contributed by atoms with Crippen molar-refractivity contribution in [2.45, 2.75) is 0 Å². The van der Waals surface area contributed by atoms with Gasteiger partial charge in [-0.1, -0.05) is 55.1 Å². The zero-order chi connectivity index (χ0) is 10.8. The van der Waals surface area contributed by atoms with Gasteiger partial charge in [0.2, 0.25) is 0 Å². The van der Waals surface area contributed by atoms with Crippen molar-refractivity contribution in [3.8, 4) is 0 Å². The fourth-order valence-corrected chi connectivity index (χ4v) is 0.743. The van der Waals surface area contributed by atoms with Crippen LogP contribution < -0.4 is 0 Å². The molecule has 74 valence electrons. The van der Waals surface area contributed by atoms with E-state index in [0.29, 0.717) is 0 Å². The first kappa shape index (κ1) is 12.0. The third kappa shape index (κ3) is 8.07. The Balaban J connectivity index is 0.000000364. The predicted octanol–water partition coefficient (Wildman–Crippen LogP) is 3.11. The Morgan fingerprint density at radius 1 is 1.21 bits per heavy atom. The highest BCUT2D eigenvalue weighted by Gasteiger charge is 1.78. The van der Waals surface area contributed by atoms with Crippen molar-refractivity contribution in [2.75, 3.05) is 0 Å². The topological polar surface area (TPSA) is 57.5 Å². The van der Waals surface area contributed by atoms with Gasteiger partial charge in [0.15, 0.2) is 0 Å². The zero-order valence-corrected chi connectivity index (χ0v) is 7.63. The molecule has 0 aliphatic heterocycles. The molecule has 0 aliphatic rings. The first-order chi connectivity index (χ1) is 6.66. The second kappa shape index (κ2) is 7.61. The van der Waals surface area contributed by atoms with Gasteiger partial charge in [-0.05, 0) is 5.56 Å². The summed E-state index contributed by atoms with van der Waals surface area (Å²) in [6, 6.07) is 10.1. The molecule has 0 aliphatic carbocycles. The average molecular weight is 192 g/mol. The Morgan fingerprint density at radius 2 is 1.71 bits per heavy atom. The quantitative estimate of drug-likeness (QED) is 0.708. The first-order valence-corrected chi connectivity index (χ1v) is 3.93. The van der Waals surface area contributed by atoms with Gasteiger partial charge in [-0.25, -0.2) is 4.79 Å². The fourth-order valence-electron chi connectivity index (χ4n) is 0.743. The summed E-state index contributed by atoms with van der Waals surface area (Å²) in [5.74, 6) is 0. The summed E-state index contributed by atoms with van der Waals surface area (Å²) in [7, 11) is 0. The molecule has 3 nitrogen and oxygen atoms in total. The second-order valence-corrected chi connectivity index (χ2v) is 2.29. The van der Waals surface area contributed by atoms with Crippen molar-refractivity contribution in [2.24, 2.45) is 0 Å². The van der Waals surface area contributed by atoms with E-state index in [2.05, 4.69) is 18.7 Å². The number of allylic oxidation sites excluding steroid dienone is 2. The van der Waals surface area contributed by atoms with E-state index < -0.39 is 6.16 Å².